The zero-order valence-electron chi connectivity index (χ0n) is 8.96. The SMILES string of the molecule is CNC(C)(CO)CSc1ccccc1Cl. The van der Waals surface area contributed by atoms with Gasteiger partial charge in [-0.25, -0.2) is 0 Å². The molecule has 2 N–H and O–H groups in total. The Balaban J connectivity index is 2.61. The van der Waals surface area contributed by atoms with Crippen LogP contribution in [0.4, 0.5) is 0 Å². The summed E-state index contributed by atoms with van der Waals surface area (Å²) in [5.74, 6) is 0.781. The maximum atomic E-state index is 9.22. The van der Waals surface area contributed by atoms with Gasteiger partial charge in [-0.1, -0.05) is 23.7 Å². The highest BCUT2D eigenvalue weighted by atomic mass is 35.5. The summed E-state index contributed by atoms with van der Waals surface area (Å²) in [5, 5.41) is 13.1. The van der Waals surface area contributed by atoms with Crippen molar-refractivity contribution in [2.24, 2.45) is 0 Å². The highest BCUT2D eigenvalue weighted by molar-refractivity contribution is 7.99. The van der Waals surface area contributed by atoms with Gasteiger partial charge in [-0.2, -0.15) is 0 Å². The average Bonchev–Trinajstić information content (AvgIpc) is 2.28. The lowest BCUT2D eigenvalue weighted by Gasteiger charge is -2.26. The molecule has 0 aliphatic carbocycles. The molecule has 1 aromatic rings. The zero-order chi connectivity index (χ0) is 11.3. The number of thioether (sulfide) groups is 1. The minimum Gasteiger partial charge on any atom is -0.394 e. The molecule has 0 heterocycles. The van der Waals surface area contributed by atoms with Gasteiger partial charge in [0.05, 0.1) is 11.6 Å². The summed E-state index contributed by atoms with van der Waals surface area (Å²) >= 11 is 7.68. The summed E-state index contributed by atoms with van der Waals surface area (Å²) in [4.78, 5) is 1.05. The normalized spacial score (nSPS) is 14.9. The molecule has 0 radical (unpaired) electrons. The molecular weight excluding hydrogens is 230 g/mol. The second-order valence-corrected chi connectivity index (χ2v) is 5.11. The third-order valence-corrected chi connectivity index (χ3v) is 4.23. The topological polar surface area (TPSA) is 32.3 Å². The van der Waals surface area contributed by atoms with Crippen LogP contribution in [0.1, 0.15) is 6.92 Å². The van der Waals surface area contributed by atoms with Gasteiger partial charge in [0, 0.05) is 16.2 Å². The van der Waals surface area contributed by atoms with Crippen LogP contribution in [0, 0.1) is 0 Å². The molecule has 0 spiro atoms. The standard InChI is InChI=1S/C11H16ClNOS/c1-11(7-14,13-2)8-15-10-6-4-3-5-9(10)12/h3-6,13-14H,7-8H2,1-2H3. The van der Waals surface area contributed by atoms with E-state index < -0.39 is 0 Å². The number of hydrogen-bond acceptors (Lipinski definition) is 3. The number of benzene rings is 1. The van der Waals surface area contributed by atoms with E-state index in [0.29, 0.717) is 0 Å². The van der Waals surface area contributed by atoms with E-state index in [2.05, 4.69) is 5.32 Å². The Hall–Kier alpha value is -0.220. The Kier molecular flexibility index (Phi) is 4.93. The third-order valence-electron chi connectivity index (χ3n) is 2.34. The van der Waals surface area contributed by atoms with Crippen LogP contribution in [0.25, 0.3) is 0 Å². The lowest BCUT2D eigenvalue weighted by Crippen LogP contribution is -2.45. The van der Waals surface area contributed by atoms with Crippen molar-refractivity contribution >= 4 is 23.4 Å². The molecule has 2 nitrogen and oxygen atoms in total. The summed E-state index contributed by atoms with van der Waals surface area (Å²) in [7, 11) is 1.85. The molecule has 0 aromatic heterocycles. The van der Waals surface area contributed by atoms with Crippen molar-refractivity contribution < 1.29 is 5.11 Å². The summed E-state index contributed by atoms with van der Waals surface area (Å²) in [5.41, 5.74) is -0.260. The Labute approximate surface area is 100 Å². The number of aliphatic hydroxyl groups is 1. The van der Waals surface area contributed by atoms with Crippen LogP contribution in [0.3, 0.4) is 0 Å². The first-order valence-corrected chi connectivity index (χ1v) is 6.15. The van der Waals surface area contributed by atoms with Gasteiger partial charge in [-0.15, -0.1) is 11.8 Å². The minimum absolute atomic E-state index is 0.112. The number of rotatable bonds is 5. The minimum atomic E-state index is -0.260. The van der Waals surface area contributed by atoms with E-state index in [1.54, 1.807) is 11.8 Å². The maximum Gasteiger partial charge on any atom is 0.0618 e. The number of likely N-dealkylation sites (N-methyl/N-ethyl adjacent to an activating group) is 1. The molecule has 0 saturated heterocycles. The van der Waals surface area contributed by atoms with Gasteiger partial charge in [0.25, 0.3) is 0 Å². The highest BCUT2D eigenvalue weighted by Gasteiger charge is 2.21. The first kappa shape index (κ1) is 12.8. The van der Waals surface area contributed by atoms with Crippen molar-refractivity contribution in [2.45, 2.75) is 17.4 Å². The number of hydrogen-bond donors (Lipinski definition) is 2. The van der Waals surface area contributed by atoms with Gasteiger partial charge < -0.3 is 10.4 Å². The third kappa shape index (κ3) is 3.68. The second-order valence-electron chi connectivity index (χ2n) is 3.69. The van der Waals surface area contributed by atoms with Gasteiger partial charge in [0.15, 0.2) is 0 Å². The fourth-order valence-corrected chi connectivity index (χ4v) is 2.39. The number of nitrogens with one attached hydrogen (secondary N) is 1. The molecule has 15 heavy (non-hydrogen) atoms. The Morgan fingerprint density at radius 3 is 2.67 bits per heavy atom. The first-order chi connectivity index (χ1) is 7.11. The van der Waals surface area contributed by atoms with Crippen LogP contribution >= 0.6 is 23.4 Å². The average molecular weight is 246 g/mol. The Morgan fingerprint density at radius 2 is 2.13 bits per heavy atom. The predicted octanol–water partition coefficient (Wildman–Crippen LogP) is 2.40. The van der Waals surface area contributed by atoms with Crippen molar-refractivity contribution in [3.63, 3.8) is 0 Å². The van der Waals surface area contributed by atoms with Crippen LogP contribution in [0.15, 0.2) is 29.2 Å². The lowest BCUT2D eigenvalue weighted by molar-refractivity contribution is 0.200. The largest absolute Gasteiger partial charge is 0.394 e. The molecule has 1 atom stereocenters. The molecular formula is C11H16ClNOS. The molecule has 4 heteroatoms. The van der Waals surface area contributed by atoms with Crippen LogP contribution in [0.5, 0.6) is 0 Å². The van der Waals surface area contributed by atoms with Gasteiger partial charge in [-0.05, 0) is 26.1 Å². The van der Waals surface area contributed by atoms with E-state index in [1.807, 2.05) is 38.2 Å². The summed E-state index contributed by atoms with van der Waals surface area (Å²) < 4.78 is 0. The van der Waals surface area contributed by atoms with E-state index >= 15 is 0 Å². The smallest absolute Gasteiger partial charge is 0.0618 e. The van der Waals surface area contributed by atoms with Crippen LogP contribution < -0.4 is 5.32 Å². The van der Waals surface area contributed by atoms with Crippen LogP contribution in [-0.2, 0) is 0 Å². The van der Waals surface area contributed by atoms with Gasteiger partial charge in [0.1, 0.15) is 0 Å². The van der Waals surface area contributed by atoms with Gasteiger partial charge in [-0.3, -0.25) is 0 Å². The molecule has 84 valence electrons. The van der Waals surface area contributed by atoms with E-state index in [4.69, 9.17) is 11.6 Å². The van der Waals surface area contributed by atoms with E-state index in [-0.39, 0.29) is 12.1 Å². The summed E-state index contributed by atoms with van der Waals surface area (Å²) in [6, 6.07) is 7.74. The summed E-state index contributed by atoms with van der Waals surface area (Å²) in [6.07, 6.45) is 0. The Morgan fingerprint density at radius 1 is 1.47 bits per heavy atom. The van der Waals surface area contributed by atoms with E-state index in [1.165, 1.54) is 0 Å². The maximum absolute atomic E-state index is 9.22. The van der Waals surface area contributed by atoms with Gasteiger partial charge in [0.2, 0.25) is 0 Å². The van der Waals surface area contributed by atoms with Crippen molar-refractivity contribution in [1.29, 1.82) is 0 Å². The molecule has 0 fully saturated rings. The predicted molar refractivity (Wildman–Crippen MR) is 66.7 cm³/mol. The molecule has 0 aliphatic heterocycles. The van der Waals surface area contributed by atoms with Crippen LogP contribution in [-0.4, -0.2) is 30.1 Å². The second kappa shape index (κ2) is 5.75. The molecule has 1 unspecified atom stereocenters. The number of aliphatic hydroxyl groups excluding tert-OH is 1. The van der Waals surface area contributed by atoms with E-state index in [9.17, 15) is 5.11 Å². The first-order valence-electron chi connectivity index (χ1n) is 4.78. The van der Waals surface area contributed by atoms with Gasteiger partial charge >= 0.3 is 0 Å². The molecule has 1 rings (SSSR count). The van der Waals surface area contributed by atoms with Crippen LogP contribution in [0.2, 0.25) is 5.02 Å². The van der Waals surface area contributed by atoms with E-state index in [0.717, 1.165) is 15.7 Å². The number of halogens is 1. The van der Waals surface area contributed by atoms with Crippen molar-refractivity contribution in [1.82, 2.24) is 5.32 Å². The molecule has 0 bridgehead atoms. The molecule has 0 saturated carbocycles. The Bertz CT molecular complexity index is 315. The fraction of sp³-hybridized carbons (Fsp3) is 0.455. The van der Waals surface area contributed by atoms with Crippen molar-refractivity contribution in [3.8, 4) is 0 Å². The molecule has 0 aliphatic rings. The lowest BCUT2D eigenvalue weighted by atomic mass is 10.1. The highest BCUT2D eigenvalue weighted by Crippen LogP contribution is 2.28. The van der Waals surface area contributed by atoms with Crippen molar-refractivity contribution in [3.05, 3.63) is 29.3 Å². The quantitative estimate of drug-likeness (QED) is 0.782. The van der Waals surface area contributed by atoms with Crippen molar-refractivity contribution in [2.75, 3.05) is 19.4 Å². The summed E-state index contributed by atoms with van der Waals surface area (Å²) in [6.45, 7) is 2.10. The zero-order valence-corrected chi connectivity index (χ0v) is 10.5. The monoisotopic (exact) mass is 245 g/mol. The molecule has 1 aromatic carbocycles. The fourth-order valence-electron chi connectivity index (χ4n) is 0.996. The molecule has 0 amide bonds.